The van der Waals surface area contributed by atoms with Gasteiger partial charge in [0.05, 0.1) is 0 Å². The largest absolute Gasteiger partial charge is 0.480 e. The van der Waals surface area contributed by atoms with E-state index in [-0.39, 0.29) is 12.6 Å². The summed E-state index contributed by atoms with van der Waals surface area (Å²) in [6.07, 6.45) is 0. The average Bonchev–Trinajstić information content (AvgIpc) is 2.25. The summed E-state index contributed by atoms with van der Waals surface area (Å²) in [5.41, 5.74) is 6.39. The lowest BCUT2D eigenvalue weighted by Gasteiger charge is -2.16. The van der Waals surface area contributed by atoms with E-state index < -0.39 is 12.0 Å². The Labute approximate surface area is 99.4 Å². The van der Waals surface area contributed by atoms with Crippen LogP contribution in [0, 0.1) is 0 Å². The van der Waals surface area contributed by atoms with Gasteiger partial charge in [-0.05, 0) is 24.6 Å². The van der Waals surface area contributed by atoms with Gasteiger partial charge in [-0.2, -0.15) is 0 Å². The van der Waals surface area contributed by atoms with E-state index in [0.717, 1.165) is 5.56 Å². The highest BCUT2D eigenvalue weighted by molar-refractivity contribution is 6.30. The molecular weight excluding hydrogens is 228 g/mol. The summed E-state index contributed by atoms with van der Waals surface area (Å²) in [6, 6.07) is 6.54. The highest BCUT2D eigenvalue weighted by Gasteiger charge is 2.13. The summed E-state index contributed by atoms with van der Waals surface area (Å²) < 4.78 is 0. The number of rotatable bonds is 5. The van der Waals surface area contributed by atoms with Crippen LogP contribution in [0.5, 0.6) is 0 Å². The number of hydrogen-bond acceptors (Lipinski definition) is 3. The second-order valence-electron chi connectivity index (χ2n) is 3.63. The zero-order valence-electron chi connectivity index (χ0n) is 8.98. The van der Waals surface area contributed by atoms with E-state index in [0.29, 0.717) is 5.02 Å². The lowest BCUT2D eigenvalue weighted by molar-refractivity contribution is -0.138. The molecule has 0 bridgehead atoms. The molecule has 0 fully saturated rings. The second kappa shape index (κ2) is 5.84. The maximum Gasteiger partial charge on any atom is 0.321 e. The Morgan fingerprint density at radius 1 is 1.62 bits per heavy atom. The van der Waals surface area contributed by atoms with Crippen molar-refractivity contribution in [1.82, 2.24) is 5.32 Å². The van der Waals surface area contributed by atoms with Gasteiger partial charge in [-0.1, -0.05) is 23.7 Å². The van der Waals surface area contributed by atoms with Crippen molar-refractivity contribution in [2.75, 3.05) is 6.54 Å². The number of nitrogens with two attached hydrogens (primary N) is 1. The SMILES string of the molecule is C[C@H](NCC(N)C(=O)O)c1cccc(Cl)c1. The number of benzene rings is 1. The van der Waals surface area contributed by atoms with E-state index in [4.69, 9.17) is 22.4 Å². The number of carbonyl (C=O) groups is 1. The first-order chi connectivity index (χ1) is 7.50. The van der Waals surface area contributed by atoms with E-state index in [1.54, 1.807) is 6.07 Å². The minimum Gasteiger partial charge on any atom is -0.480 e. The number of carboxylic acids is 1. The lowest BCUT2D eigenvalue weighted by atomic mass is 10.1. The van der Waals surface area contributed by atoms with Crippen molar-refractivity contribution in [1.29, 1.82) is 0 Å². The zero-order chi connectivity index (χ0) is 12.1. The Bertz CT molecular complexity index is 371. The van der Waals surface area contributed by atoms with E-state index in [2.05, 4.69) is 5.32 Å². The maximum atomic E-state index is 10.5. The average molecular weight is 243 g/mol. The molecule has 16 heavy (non-hydrogen) atoms. The molecule has 5 heteroatoms. The highest BCUT2D eigenvalue weighted by atomic mass is 35.5. The summed E-state index contributed by atoms with van der Waals surface area (Å²) in [4.78, 5) is 10.5. The third kappa shape index (κ3) is 3.81. The molecule has 4 N–H and O–H groups in total. The molecule has 2 atom stereocenters. The van der Waals surface area contributed by atoms with Gasteiger partial charge in [-0.25, -0.2) is 0 Å². The van der Waals surface area contributed by atoms with Crippen LogP contribution in [-0.4, -0.2) is 23.7 Å². The van der Waals surface area contributed by atoms with Crippen LogP contribution in [0.4, 0.5) is 0 Å². The van der Waals surface area contributed by atoms with Gasteiger partial charge < -0.3 is 16.2 Å². The van der Waals surface area contributed by atoms with Crippen LogP contribution in [-0.2, 0) is 4.79 Å². The number of nitrogens with one attached hydrogen (secondary N) is 1. The summed E-state index contributed by atoms with van der Waals surface area (Å²) in [6.45, 7) is 2.16. The third-order valence-electron chi connectivity index (χ3n) is 2.31. The van der Waals surface area contributed by atoms with Gasteiger partial charge >= 0.3 is 5.97 Å². The normalized spacial score (nSPS) is 14.4. The van der Waals surface area contributed by atoms with Gasteiger partial charge in [0.1, 0.15) is 6.04 Å². The van der Waals surface area contributed by atoms with Gasteiger partial charge in [-0.15, -0.1) is 0 Å². The highest BCUT2D eigenvalue weighted by Crippen LogP contribution is 2.16. The molecule has 88 valence electrons. The molecule has 1 aromatic rings. The first-order valence-corrected chi connectivity index (χ1v) is 5.35. The van der Waals surface area contributed by atoms with E-state index >= 15 is 0 Å². The minimum atomic E-state index is -1.01. The van der Waals surface area contributed by atoms with Crippen LogP contribution >= 0.6 is 11.6 Å². The van der Waals surface area contributed by atoms with Crippen LogP contribution < -0.4 is 11.1 Å². The smallest absolute Gasteiger partial charge is 0.321 e. The standard InChI is InChI=1S/C11H15ClN2O2/c1-7(14-6-10(13)11(15)16)8-3-2-4-9(12)5-8/h2-5,7,10,14H,6,13H2,1H3,(H,15,16)/t7-,10?/m0/s1. The Morgan fingerprint density at radius 2 is 2.31 bits per heavy atom. The molecule has 0 radical (unpaired) electrons. The Hall–Kier alpha value is -1.10. The molecular formula is C11H15ClN2O2. The fourth-order valence-electron chi connectivity index (χ4n) is 1.28. The molecule has 0 saturated heterocycles. The summed E-state index contributed by atoms with van der Waals surface area (Å²) >= 11 is 5.86. The number of carboxylic acid groups (broad SMARTS) is 1. The number of hydrogen-bond donors (Lipinski definition) is 3. The van der Waals surface area contributed by atoms with Gasteiger partial charge in [0, 0.05) is 17.6 Å². The minimum absolute atomic E-state index is 0.0177. The van der Waals surface area contributed by atoms with Gasteiger partial charge in [0.2, 0.25) is 0 Å². The van der Waals surface area contributed by atoms with Crippen LogP contribution in [0.2, 0.25) is 5.02 Å². The van der Waals surface area contributed by atoms with E-state index in [9.17, 15) is 4.79 Å². The molecule has 0 aliphatic carbocycles. The molecule has 4 nitrogen and oxygen atoms in total. The Balaban J connectivity index is 2.52. The molecule has 0 spiro atoms. The van der Waals surface area contributed by atoms with Crippen LogP contribution in [0.25, 0.3) is 0 Å². The zero-order valence-corrected chi connectivity index (χ0v) is 9.74. The van der Waals surface area contributed by atoms with Crippen molar-refractivity contribution in [2.45, 2.75) is 19.0 Å². The molecule has 0 aliphatic rings. The molecule has 1 rings (SSSR count). The maximum absolute atomic E-state index is 10.5. The molecule has 0 heterocycles. The van der Waals surface area contributed by atoms with Crippen molar-refractivity contribution in [3.05, 3.63) is 34.9 Å². The van der Waals surface area contributed by atoms with Crippen molar-refractivity contribution in [3.63, 3.8) is 0 Å². The molecule has 0 aliphatic heterocycles. The Morgan fingerprint density at radius 3 is 2.88 bits per heavy atom. The molecule has 1 aromatic carbocycles. The van der Waals surface area contributed by atoms with Gasteiger partial charge in [0.25, 0.3) is 0 Å². The van der Waals surface area contributed by atoms with Crippen molar-refractivity contribution < 1.29 is 9.90 Å². The van der Waals surface area contributed by atoms with Crippen LogP contribution in [0.1, 0.15) is 18.5 Å². The number of halogens is 1. The van der Waals surface area contributed by atoms with Crippen molar-refractivity contribution >= 4 is 17.6 Å². The fraction of sp³-hybridized carbons (Fsp3) is 0.364. The second-order valence-corrected chi connectivity index (χ2v) is 4.07. The molecule has 0 saturated carbocycles. The molecule has 1 unspecified atom stereocenters. The summed E-state index contributed by atoms with van der Waals surface area (Å²) in [7, 11) is 0. The van der Waals surface area contributed by atoms with Gasteiger partial charge in [0.15, 0.2) is 0 Å². The summed E-state index contributed by atoms with van der Waals surface area (Å²) in [5.74, 6) is -1.01. The van der Waals surface area contributed by atoms with E-state index in [1.165, 1.54) is 0 Å². The fourth-order valence-corrected chi connectivity index (χ4v) is 1.48. The third-order valence-corrected chi connectivity index (χ3v) is 2.54. The van der Waals surface area contributed by atoms with Crippen molar-refractivity contribution in [2.24, 2.45) is 5.73 Å². The van der Waals surface area contributed by atoms with Crippen molar-refractivity contribution in [3.8, 4) is 0 Å². The first-order valence-electron chi connectivity index (χ1n) is 4.98. The Kier molecular flexibility index (Phi) is 4.73. The number of aliphatic carboxylic acids is 1. The predicted molar refractivity (Wildman–Crippen MR) is 63.5 cm³/mol. The van der Waals surface area contributed by atoms with Crippen LogP contribution in [0.15, 0.2) is 24.3 Å². The summed E-state index contributed by atoms with van der Waals surface area (Å²) in [5, 5.41) is 12.3. The first kappa shape index (κ1) is 13.0. The van der Waals surface area contributed by atoms with Gasteiger partial charge in [-0.3, -0.25) is 4.79 Å². The topological polar surface area (TPSA) is 75.3 Å². The van der Waals surface area contributed by atoms with E-state index in [1.807, 2.05) is 25.1 Å². The quantitative estimate of drug-likeness (QED) is 0.730. The molecule has 0 amide bonds. The predicted octanol–water partition coefficient (Wildman–Crippen LogP) is 1.40. The molecule has 0 aromatic heterocycles. The van der Waals surface area contributed by atoms with Crippen LogP contribution in [0.3, 0.4) is 0 Å². The monoisotopic (exact) mass is 242 g/mol. The lowest BCUT2D eigenvalue weighted by Crippen LogP contribution is -2.41.